The molecule has 12 heavy (non-hydrogen) atoms. The molecule has 1 aliphatic rings. The van der Waals surface area contributed by atoms with Gasteiger partial charge in [0.25, 0.3) is 0 Å². The lowest BCUT2D eigenvalue weighted by molar-refractivity contribution is -0.0371. The van der Waals surface area contributed by atoms with Crippen LogP contribution in [-0.4, -0.2) is 24.9 Å². The van der Waals surface area contributed by atoms with E-state index in [4.69, 9.17) is 14.7 Å². The van der Waals surface area contributed by atoms with Gasteiger partial charge in [-0.3, -0.25) is 0 Å². The van der Waals surface area contributed by atoms with Crippen molar-refractivity contribution in [3.63, 3.8) is 0 Å². The van der Waals surface area contributed by atoms with Gasteiger partial charge in [0.15, 0.2) is 6.10 Å². The summed E-state index contributed by atoms with van der Waals surface area (Å²) in [5, 5.41) is 8.75. The van der Waals surface area contributed by atoms with Crippen molar-refractivity contribution in [1.82, 2.24) is 0 Å². The number of nitriles is 1. The Kier molecular flexibility index (Phi) is 3.51. The summed E-state index contributed by atoms with van der Waals surface area (Å²) in [6, 6.07) is 2.12. The summed E-state index contributed by atoms with van der Waals surface area (Å²) >= 11 is 0. The maximum Gasteiger partial charge on any atom is 0.169 e. The van der Waals surface area contributed by atoms with Crippen LogP contribution in [0.1, 0.15) is 26.7 Å². The zero-order valence-corrected chi connectivity index (χ0v) is 7.62. The first-order valence-electron chi connectivity index (χ1n) is 4.44. The molecule has 0 spiro atoms. The van der Waals surface area contributed by atoms with Crippen LogP contribution in [-0.2, 0) is 9.47 Å². The zero-order valence-electron chi connectivity index (χ0n) is 7.62. The fourth-order valence-electron chi connectivity index (χ4n) is 1.46. The van der Waals surface area contributed by atoms with Gasteiger partial charge in [0.1, 0.15) is 0 Å². The van der Waals surface area contributed by atoms with Crippen LogP contribution < -0.4 is 0 Å². The Morgan fingerprint density at radius 1 is 1.67 bits per heavy atom. The van der Waals surface area contributed by atoms with Gasteiger partial charge in [-0.1, -0.05) is 0 Å². The van der Waals surface area contributed by atoms with Crippen molar-refractivity contribution in [2.24, 2.45) is 0 Å². The first-order valence-corrected chi connectivity index (χ1v) is 4.44. The molecule has 0 aromatic carbocycles. The maximum absolute atomic E-state index is 8.75. The van der Waals surface area contributed by atoms with Crippen LogP contribution in [0.5, 0.6) is 0 Å². The fourth-order valence-corrected chi connectivity index (χ4v) is 1.46. The number of hydrogen-bond acceptors (Lipinski definition) is 3. The van der Waals surface area contributed by atoms with Crippen LogP contribution in [0.3, 0.4) is 0 Å². The van der Waals surface area contributed by atoms with Gasteiger partial charge in [-0.15, -0.1) is 0 Å². The van der Waals surface area contributed by atoms with Crippen LogP contribution in [0.15, 0.2) is 0 Å². The Labute approximate surface area is 73.3 Å². The lowest BCUT2D eigenvalue weighted by atomic mass is 10.1. The molecule has 0 amide bonds. The van der Waals surface area contributed by atoms with E-state index in [1.54, 1.807) is 0 Å². The van der Waals surface area contributed by atoms with E-state index >= 15 is 0 Å². The summed E-state index contributed by atoms with van der Waals surface area (Å²) < 4.78 is 10.8. The van der Waals surface area contributed by atoms with Gasteiger partial charge in [0.2, 0.25) is 0 Å². The Morgan fingerprint density at radius 2 is 2.42 bits per heavy atom. The van der Waals surface area contributed by atoms with E-state index in [9.17, 15) is 0 Å². The third kappa shape index (κ3) is 2.20. The molecule has 0 bridgehead atoms. The van der Waals surface area contributed by atoms with E-state index in [2.05, 4.69) is 6.07 Å². The summed E-state index contributed by atoms with van der Waals surface area (Å²) in [7, 11) is 0. The van der Waals surface area contributed by atoms with E-state index in [1.165, 1.54) is 0 Å². The van der Waals surface area contributed by atoms with Gasteiger partial charge in [-0.2, -0.15) is 5.26 Å². The van der Waals surface area contributed by atoms with Crippen LogP contribution in [0.4, 0.5) is 0 Å². The minimum Gasteiger partial charge on any atom is -0.371 e. The standard InChI is InChI=1S/C9H15NO2/c1-3-11-9(6-10)8-5-4-7(2)12-8/h7-9H,3-5H2,1-2H3. The molecular formula is C9H15NO2. The van der Waals surface area contributed by atoms with E-state index in [0.717, 1.165) is 12.8 Å². The monoisotopic (exact) mass is 169 g/mol. The molecule has 3 heteroatoms. The number of nitrogens with zero attached hydrogens (tertiary/aromatic N) is 1. The Morgan fingerprint density at radius 3 is 2.83 bits per heavy atom. The van der Waals surface area contributed by atoms with Crippen molar-refractivity contribution in [3.8, 4) is 6.07 Å². The van der Waals surface area contributed by atoms with Crippen molar-refractivity contribution in [3.05, 3.63) is 0 Å². The Hall–Kier alpha value is -0.590. The molecule has 3 unspecified atom stereocenters. The van der Waals surface area contributed by atoms with Crippen molar-refractivity contribution in [2.45, 2.75) is 45.0 Å². The molecule has 0 N–H and O–H groups in total. The van der Waals surface area contributed by atoms with Gasteiger partial charge in [-0.05, 0) is 26.7 Å². The highest BCUT2D eigenvalue weighted by Gasteiger charge is 2.29. The quantitative estimate of drug-likeness (QED) is 0.642. The Balaban J connectivity index is 2.40. The number of rotatable bonds is 3. The zero-order chi connectivity index (χ0) is 8.97. The van der Waals surface area contributed by atoms with Crippen molar-refractivity contribution >= 4 is 0 Å². The molecule has 1 aliphatic heterocycles. The second-order valence-electron chi connectivity index (χ2n) is 3.07. The number of hydrogen-bond donors (Lipinski definition) is 0. The lowest BCUT2D eigenvalue weighted by Crippen LogP contribution is -2.27. The van der Waals surface area contributed by atoms with E-state index in [1.807, 2.05) is 13.8 Å². The topological polar surface area (TPSA) is 42.2 Å². The maximum atomic E-state index is 8.75. The van der Waals surface area contributed by atoms with Crippen molar-refractivity contribution < 1.29 is 9.47 Å². The fraction of sp³-hybridized carbons (Fsp3) is 0.889. The normalized spacial score (nSPS) is 31.4. The SMILES string of the molecule is CCOC(C#N)C1CCC(C)O1. The number of ether oxygens (including phenoxy) is 2. The van der Waals surface area contributed by atoms with Crippen molar-refractivity contribution in [1.29, 1.82) is 5.26 Å². The summed E-state index contributed by atoms with van der Waals surface area (Å²) in [5.41, 5.74) is 0. The van der Waals surface area contributed by atoms with E-state index in [0.29, 0.717) is 6.61 Å². The second kappa shape index (κ2) is 4.44. The van der Waals surface area contributed by atoms with Gasteiger partial charge >= 0.3 is 0 Å². The smallest absolute Gasteiger partial charge is 0.169 e. The predicted octanol–water partition coefficient (Wildman–Crippen LogP) is 1.48. The van der Waals surface area contributed by atoms with Gasteiger partial charge in [0, 0.05) is 6.61 Å². The molecule has 1 fully saturated rings. The van der Waals surface area contributed by atoms with Crippen LogP contribution in [0, 0.1) is 11.3 Å². The second-order valence-corrected chi connectivity index (χ2v) is 3.07. The molecule has 1 saturated heterocycles. The third-order valence-corrected chi connectivity index (χ3v) is 2.08. The highest BCUT2D eigenvalue weighted by molar-refractivity contribution is 4.93. The summed E-state index contributed by atoms with van der Waals surface area (Å²) in [5.74, 6) is 0. The molecule has 0 radical (unpaired) electrons. The average molecular weight is 169 g/mol. The molecule has 68 valence electrons. The van der Waals surface area contributed by atoms with E-state index < -0.39 is 0 Å². The van der Waals surface area contributed by atoms with Crippen LogP contribution in [0.2, 0.25) is 0 Å². The van der Waals surface area contributed by atoms with Crippen LogP contribution >= 0.6 is 0 Å². The summed E-state index contributed by atoms with van der Waals surface area (Å²) in [6.45, 7) is 4.50. The molecule has 0 saturated carbocycles. The molecular weight excluding hydrogens is 154 g/mol. The Bertz CT molecular complexity index is 176. The minimum absolute atomic E-state index is 0.00931. The first kappa shape index (κ1) is 9.50. The predicted molar refractivity (Wildman–Crippen MR) is 44.6 cm³/mol. The van der Waals surface area contributed by atoms with Crippen molar-refractivity contribution in [2.75, 3.05) is 6.61 Å². The van der Waals surface area contributed by atoms with Gasteiger partial charge in [0.05, 0.1) is 18.3 Å². The molecule has 0 aliphatic carbocycles. The van der Waals surface area contributed by atoms with Gasteiger partial charge in [-0.25, -0.2) is 0 Å². The summed E-state index contributed by atoms with van der Waals surface area (Å²) in [4.78, 5) is 0. The third-order valence-electron chi connectivity index (χ3n) is 2.08. The summed E-state index contributed by atoms with van der Waals surface area (Å²) in [6.07, 6.45) is 1.88. The first-order chi connectivity index (χ1) is 5.77. The minimum atomic E-state index is -0.375. The molecule has 0 aromatic heterocycles. The molecule has 3 atom stereocenters. The highest BCUT2D eigenvalue weighted by Crippen LogP contribution is 2.22. The average Bonchev–Trinajstić information content (AvgIpc) is 2.47. The molecule has 3 nitrogen and oxygen atoms in total. The van der Waals surface area contributed by atoms with Gasteiger partial charge < -0.3 is 9.47 Å². The largest absolute Gasteiger partial charge is 0.371 e. The molecule has 1 rings (SSSR count). The molecule has 0 aromatic rings. The highest BCUT2D eigenvalue weighted by atomic mass is 16.5. The lowest BCUT2D eigenvalue weighted by Gasteiger charge is -2.16. The van der Waals surface area contributed by atoms with E-state index in [-0.39, 0.29) is 18.3 Å². The molecule has 1 heterocycles. The van der Waals surface area contributed by atoms with Crippen LogP contribution in [0.25, 0.3) is 0 Å².